The highest BCUT2D eigenvalue weighted by Crippen LogP contribution is 2.20. The van der Waals surface area contributed by atoms with Crippen LogP contribution in [0, 0.1) is 0 Å². The molecular weight excluding hydrogens is 235 g/mol. The smallest absolute Gasteiger partial charge is 0.405 e. The molecule has 0 aliphatic carbocycles. The van der Waals surface area contributed by atoms with Crippen molar-refractivity contribution in [1.82, 2.24) is 9.97 Å². The largest absolute Gasteiger partial charge is 0.463 e. The van der Waals surface area contributed by atoms with Crippen molar-refractivity contribution in [3.63, 3.8) is 0 Å². The van der Waals surface area contributed by atoms with Crippen molar-refractivity contribution >= 4 is 5.82 Å². The summed E-state index contributed by atoms with van der Waals surface area (Å²) in [5.41, 5.74) is 0.426. The van der Waals surface area contributed by atoms with Crippen LogP contribution in [0.4, 0.5) is 19.0 Å². The van der Waals surface area contributed by atoms with Gasteiger partial charge in [-0.15, -0.1) is 0 Å². The molecule has 2 heterocycles. The summed E-state index contributed by atoms with van der Waals surface area (Å²) in [6.45, 7) is -1.14. The molecule has 0 saturated heterocycles. The first kappa shape index (κ1) is 11.4. The maximum absolute atomic E-state index is 12.0. The summed E-state index contributed by atoms with van der Waals surface area (Å²) in [5, 5.41) is 2.17. The van der Waals surface area contributed by atoms with Crippen molar-refractivity contribution in [2.45, 2.75) is 6.18 Å². The predicted octanol–water partition coefficient (Wildman–Crippen LogP) is 2.71. The summed E-state index contributed by atoms with van der Waals surface area (Å²) in [5.74, 6) is 0.575. The molecule has 17 heavy (non-hydrogen) atoms. The van der Waals surface area contributed by atoms with Gasteiger partial charge in [0.25, 0.3) is 0 Å². The summed E-state index contributed by atoms with van der Waals surface area (Å²) < 4.78 is 41.1. The number of alkyl halides is 3. The van der Waals surface area contributed by atoms with E-state index in [-0.39, 0.29) is 5.82 Å². The molecule has 2 aromatic heterocycles. The van der Waals surface area contributed by atoms with Crippen LogP contribution in [0.3, 0.4) is 0 Å². The van der Waals surface area contributed by atoms with Gasteiger partial charge in [-0.05, 0) is 12.1 Å². The van der Waals surface area contributed by atoms with Crippen LogP contribution in [-0.4, -0.2) is 22.7 Å². The Morgan fingerprint density at radius 1 is 1.29 bits per heavy atom. The van der Waals surface area contributed by atoms with Gasteiger partial charge in [-0.1, -0.05) is 0 Å². The van der Waals surface area contributed by atoms with Crippen LogP contribution >= 0.6 is 0 Å². The summed E-state index contributed by atoms with van der Waals surface area (Å²) in [4.78, 5) is 7.59. The van der Waals surface area contributed by atoms with E-state index in [1.54, 1.807) is 12.1 Å². The van der Waals surface area contributed by atoms with Crippen LogP contribution in [0.15, 0.2) is 35.2 Å². The minimum atomic E-state index is -4.28. The van der Waals surface area contributed by atoms with Crippen LogP contribution in [0.5, 0.6) is 0 Å². The summed E-state index contributed by atoms with van der Waals surface area (Å²) in [6, 6.07) is 4.72. The van der Waals surface area contributed by atoms with Gasteiger partial charge in [-0.25, -0.2) is 9.97 Å². The molecular formula is C10H8F3N3O. The minimum Gasteiger partial charge on any atom is -0.463 e. The molecule has 2 rings (SSSR count). The lowest BCUT2D eigenvalue weighted by molar-refractivity contribution is -0.115. The van der Waals surface area contributed by atoms with Crippen LogP contribution in [0.25, 0.3) is 11.5 Å². The second-order valence-electron chi connectivity index (χ2n) is 3.23. The average Bonchev–Trinajstić information content (AvgIpc) is 2.79. The number of halogens is 3. The molecule has 90 valence electrons. The van der Waals surface area contributed by atoms with Crippen LogP contribution in [0.2, 0.25) is 0 Å². The van der Waals surface area contributed by atoms with Gasteiger partial charge >= 0.3 is 6.18 Å². The third-order valence-electron chi connectivity index (χ3n) is 1.91. The summed E-state index contributed by atoms with van der Waals surface area (Å²) >= 11 is 0. The van der Waals surface area contributed by atoms with Crippen molar-refractivity contribution in [1.29, 1.82) is 0 Å². The van der Waals surface area contributed by atoms with Gasteiger partial charge in [0.1, 0.15) is 24.4 Å². The Labute approximate surface area is 94.5 Å². The minimum absolute atomic E-state index is 0.101. The lowest BCUT2D eigenvalue weighted by atomic mass is 10.3. The number of hydrogen-bond acceptors (Lipinski definition) is 4. The monoisotopic (exact) mass is 243 g/mol. The molecule has 0 unspecified atom stereocenters. The molecule has 0 spiro atoms. The first-order chi connectivity index (χ1) is 8.04. The van der Waals surface area contributed by atoms with Gasteiger partial charge in [-0.2, -0.15) is 13.2 Å². The van der Waals surface area contributed by atoms with Crippen molar-refractivity contribution < 1.29 is 17.6 Å². The molecule has 0 aliphatic rings. The molecule has 1 N–H and O–H groups in total. The second kappa shape index (κ2) is 4.44. The Balaban J connectivity index is 2.12. The molecule has 0 aliphatic heterocycles. The standard InChI is InChI=1S/C10H8F3N3O/c11-10(12,13)5-14-9-4-7(15-6-16-9)8-2-1-3-17-8/h1-4,6H,5H2,(H,14,15,16). The van der Waals surface area contributed by atoms with E-state index in [0.717, 1.165) is 0 Å². The van der Waals surface area contributed by atoms with Crippen LogP contribution < -0.4 is 5.32 Å². The number of anilines is 1. The molecule has 0 aromatic carbocycles. The number of nitrogens with zero attached hydrogens (tertiary/aromatic N) is 2. The molecule has 0 radical (unpaired) electrons. The highest BCUT2D eigenvalue weighted by Gasteiger charge is 2.26. The normalized spacial score (nSPS) is 11.5. The first-order valence-electron chi connectivity index (χ1n) is 4.71. The zero-order valence-corrected chi connectivity index (χ0v) is 8.53. The highest BCUT2D eigenvalue weighted by atomic mass is 19.4. The van der Waals surface area contributed by atoms with Crippen molar-refractivity contribution in [2.24, 2.45) is 0 Å². The van der Waals surface area contributed by atoms with E-state index < -0.39 is 12.7 Å². The van der Waals surface area contributed by atoms with Gasteiger partial charge in [-0.3, -0.25) is 0 Å². The SMILES string of the molecule is FC(F)(F)CNc1cc(-c2ccco2)ncn1. The maximum Gasteiger partial charge on any atom is 0.405 e. The highest BCUT2D eigenvalue weighted by molar-refractivity contribution is 5.56. The quantitative estimate of drug-likeness (QED) is 0.900. The van der Waals surface area contributed by atoms with E-state index in [0.29, 0.717) is 11.5 Å². The van der Waals surface area contributed by atoms with Gasteiger partial charge < -0.3 is 9.73 Å². The van der Waals surface area contributed by atoms with E-state index >= 15 is 0 Å². The zero-order chi connectivity index (χ0) is 12.3. The maximum atomic E-state index is 12.0. The van der Waals surface area contributed by atoms with E-state index in [1.807, 2.05) is 0 Å². The number of aromatic nitrogens is 2. The molecule has 0 amide bonds. The molecule has 7 heteroatoms. The second-order valence-corrected chi connectivity index (χ2v) is 3.23. The lowest BCUT2D eigenvalue weighted by Crippen LogP contribution is -2.21. The third kappa shape index (κ3) is 3.20. The van der Waals surface area contributed by atoms with Gasteiger partial charge in [0.15, 0.2) is 5.76 Å². The molecule has 4 nitrogen and oxygen atoms in total. The number of furan rings is 1. The average molecular weight is 243 g/mol. The topological polar surface area (TPSA) is 51.0 Å². The molecule has 0 fully saturated rings. The lowest BCUT2D eigenvalue weighted by Gasteiger charge is -2.08. The van der Waals surface area contributed by atoms with Crippen molar-refractivity contribution in [3.05, 3.63) is 30.8 Å². The summed E-state index contributed by atoms with van der Waals surface area (Å²) in [6.07, 6.45) is -1.65. The van der Waals surface area contributed by atoms with Crippen LogP contribution in [0.1, 0.15) is 0 Å². The Hall–Kier alpha value is -2.05. The van der Waals surface area contributed by atoms with E-state index in [4.69, 9.17) is 4.42 Å². The Morgan fingerprint density at radius 3 is 2.76 bits per heavy atom. The Kier molecular flexibility index (Phi) is 2.99. The van der Waals surface area contributed by atoms with Gasteiger partial charge in [0.05, 0.1) is 6.26 Å². The number of nitrogens with one attached hydrogen (secondary N) is 1. The fourth-order valence-electron chi connectivity index (χ4n) is 1.20. The molecule has 0 bridgehead atoms. The number of rotatable bonds is 3. The van der Waals surface area contributed by atoms with E-state index in [9.17, 15) is 13.2 Å². The summed E-state index contributed by atoms with van der Waals surface area (Å²) in [7, 11) is 0. The zero-order valence-electron chi connectivity index (χ0n) is 8.53. The van der Waals surface area contributed by atoms with Gasteiger partial charge in [0, 0.05) is 6.07 Å². The van der Waals surface area contributed by atoms with Crippen molar-refractivity contribution in [2.75, 3.05) is 11.9 Å². The first-order valence-corrected chi connectivity index (χ1v) is 4.71. The molecule has 2 aromatic rings. The van der Waals surface area contributed by atoms with E-state index in [2.05, 4.69) is 15.3 Å². The number of hydrogen-bond donors (Lipinski definition) is 1. The molecule has 0 saturated carbocycles. The Morgan fingerprint density at radius 2 is 2.12 bits per heavy atom. The fourth-order valence-corrected chi connectivity index (χ4v) is 1.20. The van der Waals surface area contributed by atoms with Crippen LogP contribution in [-0.2, 0) is 0 Å². The third-order valence-corrected chi connectivity index (χ3v) is 1.91. The van der Waals surface area contributed by atoms with Crippen molar-refractivity contribution in [3.8, 4) is 11.5 Å². The predicted molar refractivity (Wildman–Crippen MR) is 54.3 cm³/mol. The fraction of sp³-hybridized carbons (Fsp3) is 0.200. The molecule has 0 atom stereocenters. The Bertz CT molecular complexity index is 482. The van der Waals surface area contributed by atoms with E-state index in [1.165, 1.54) is 18.7 Å². The van der Waals surface area contributed by atoms with Gasteiger partial charge in [0.2, 0.25) is 0 Å².